The summed E-state index contributed by atoms with van der Waals surface area (Å²) in [4.78, 5) is 15.4. The first-order valence-electron chi connectivity index (χ1n) is 9.55. The summed E-state index contributed by atoms with van der Waals surface area (Å²) >= 11 is 1.56. The van der Waals surface area contributed by atoms with Gasteiger partial charge in [-0.25, -0.2) is 0 Å². The van der Waals surface area contributed by atoms with Gasteiger partial charge in [0, 0.05) is 6.54 Å². The molecule has 2 aromatic heterocycles. The second-order valence-electron chi connectivity index (χ2n) is 6.72. The fraction of sp³-hybridized carbons (Fsp3) is 0.381. The van der Waals surface area contributed by atoms with Gasteiger partial charge in [0.05, 0.1) is 18.0 Å². The lowest BCUT2D eigenvalue weighted by molar-refractivity contribution is -0.122. The maximum atomic E-state index is 12.4. The Morgan fingerprint density at radius 1 is 1.21 bits per heavy atom. The Bertz CT molecular complexity index is 876. The molecule has 0 atom stereocenters. The van der Waals surface area contributed by atoms with Crippen molar-refractivity contribution in [2.45, 2.75) is 33.2 Å². The number of rotatable bonds is 10. The maximum Gasteiger partial charge on any atom is 0.257 e. The number of aryl methyl sites for hydroxylation is 1. The minimum Gasteiger partial charge on any atom is -0.419 e. The standard InChI is InChI=1S/C21H26N4O2S/c1-3-12-25(15-20-23-24-21(27-20)18-9-6-13-28-18)14-19(26)22-11-10-17-8-5-4-7-16(17)2/h4-9,13H,3,10-12,14-15H2,1-2H3,(H,22,26). The molecule has 3 rings (SSSR count). The third kappa shape index (κ3) is 5.74. The first-order chi connectivity index (χ1) is 13.7. The summed E-state index contributed by atoms with van der Waals surface area (Å²) in [5.41, 5.74) is 2.52. The molecule has 6 nitrogen and oxygen atoms in total. The zero-order valence-corrected chi connectivity index (χ0v) is 17.2. The van der Waals surface area contributed by atoms with Gasteiger partial charge in [-0.2, -0.15) is 0 Å². The van der Waals surface area contributed by atoms with Crippen LogP contribution in [0.15, 0.2) is 46.2 Å². The number of carbonyl (C=O) groups excluding carboxylic acids is 1. The molecule has 1 N–H and O–H groups in total. The van der Waals surface area contributed by atoms with Crippen LogP contribution in [0.4, 0.5) is 0 Å². The predicted octanol–water partition coefficient (Wildman–Crippen LogP) is 3.68. The van der Waals surface area contributed by atoms with Crippen LogP contribution in [0.5, 0.6) is 0 Å². The Hall–Kier alpha value is -2.51. The zero-order chi connectivity index (χ0) is 19.8. The molecular weight excluding hydrogens is 372 g/mol. The molecule has 0 aliphatic rings. The average molecular weight is 399 g/mol. The van der Waals surface area contributed by atoms with E-state index in [2.05, 4.69) is 41.5 Å². The van der Waals surface area contributed by atoms with Crippen molar-refractivity contribution in [3.05, 3.63) is 58.8 Å². The van der Waals surface area contributed by atoms with E-state index < -0.39 is 0 Å². The zero-order valence-electron chi connectivity index (χ0n) is 16.4. The highest BCUT2D eigenvalue weighted by molar-refractivity contribution is 7.13. The number of hydrogen-bond donors (Lipinski definition) is 1. The van der Waals surface area contributed by atoms with Crippen molar-refractivity contribution in [3.8, 4) is 10.8 Å². The van der Waals surface area contributed by atoms with Crippen molar-refractivity contribution in [2.75, 3.05) is 19.6 Å². The van der Waals surface area contributed by atoms with E-state index in [0.717, 1.165) is 24.3 Å². The Kier molecular flexibility index (Phi) is 7.33. The summed E-state index contributed by atoms with van der Waals surface area (Å²) in [5, 5.41) is 13.2. The topological polar surface area (TPSA) is 71.3 Å². The molecule has 0 saturated carbocycles. The summed E-state index contributed by atoms with van der Waals surface area (Å²) < 4.78 is 5.75. The predicted molar refractivity (Wildman–Crippen MR) is 111 cm³/mol. The quantitative estimate of drug-likeness (QED) is 0.564. The van der Waals surface area contributed by atoms with E-state index in [1.54, 1.807) is 11.3 Å². The molecule has 0 spiro atoms. The van der Waals surface area contributed by atoms with E-state index in [1.165, 1.54) is 11.1 Å². The first-order valence-corrected chi connectivity index (χ1v) is 10.4. The number of benzene rings is 1. The molecule has 1 amide bonds. The number of carbonyl (C=O) groups is 1. The largest absolute Gasteiger partial charge is 0.419 e. The third-order valence-corrected chi connectivity index (χ3v) is 5.30. The van der Waals surface area contributed by atoms with Crippen LogP contribution in [-0.2, 0) is 17.8 Å². The van der Waals surface area contributed by atoms with E-state index in [1.807, 2.05) is 34.5 Å². The second kappa shape index (κ2) is 10.1. The van der Waals surface area contributed by atoms with E-state index in [-0.39, 0.29) is 5.91 Å². The van der Waals surface area contributed by atoms with Crippen molar-refractivity contribution < 1.29 is 9.21 Å². The highest BCUT2D eigenvalue weighted by Gasteiger charge is 2.15. The Morgan fingerprint density at radius 2 is 2.07 bits per heavy atom. The monoisotopic (exact) mass is 398 g/mol. The third-order valence-electron chi connectivity index (χ3n) is 4.44. The van der Waals surface area contributed by atoms with Crippen LogP contribution in [0, 0.1) is 6.92 Å². The second-order valence-corrected chi connectivity index (χ2v) is 7.66. The van der Waals surface area contributed by atoms with Gasteiger partial charge in [-0.3, -0.25) is 9.69 Å². The molecule has 7 heteroatoms. The van der Waals surface area contributed by atoms with Gasteiger partial charge in [-0.15, -0.1) is 21.5 Å². The van der Waals surface area contributed by atoms with Crippen LogP contribution in [-0.4, -0.2) is 40.6 Å². The maximum absolute atomic E-state index is 12.4. The molecule has 0 fully saturated rings. The van der Waals surface area contributed by atoms with Gasteiger partial charge in [0.2, 0.25) is 11.8 Å². The Balaban J connectivity index is 1.49. The van der Waals surface area contributed by atoms with Crippen LogP contribution >= 0.6 is 11.3 Å². The van der Waals surface area contributed by atoms with E-state index in [0.29, 0.717) is 31.4 Å². The summed E-state index contributed by atoms with van der Waals surface area (Å²) in [5.74, 6) is 1.08. The average Bonchev–Trinajstić information content (AvgIpc) is 3.35. The molecule has 0 saturated heterocycles. The summed E-state index contributed by atoms with van der Waals surface area (Å²) in [6, 6.07) is 12.2. The minimum absolute atomic E-state index is 0.0139. The van der Waals surface area contributed by atoms with E-state index in [9.17, 15) is 4.79 Å². The van der Waals surface area contributed by atoms with Crippen LogP contribution in [0.2, 0.25) is 0 Å². The van der Waals surface area contributed by atoms with Crippen molar-refractivity contribution >= 4 is 17.2 Å². The number of nitrogens with zero attached hydrogens (tertiary/aromatic N) is 3. The fourth-order valence-electron chi connectivity index (χ4n) is 3.03. The highest BCUT2D eigenvalue weighted by Crippen LogP contribution is 2.23. The summed E-state index contributed by atoms with van der Waals surface area (Å²) in [6.07, 6.45) is 1.78. The summed E-state index contributed by atoms with van der Waals surface area (Å²) in [7, 11) is 0. The van der Waals surface area contributed by atoms with Crippen molar-refractivity contribution in [2.24, 2.45) is 0 Å². The van der Waals surface area contributed by atoms with Gasteiger partial charge >= 0.3 is 0 Å². The lowest BCUT2D eigenvalue weighted by Crippen LogP contribution is -2.38. The Morgan fingerprint density at radius 3 is 2.82 bits per heavy atom. The number of aromatic nitrogens is 2. The molecule has 0 unspecified atom stereocenters. The van der Waals surface area contributed by atoms with Crippen LogP contribution in [0.3, 0.4) is 0 Å². The lowest BCUT2D eigenvalue weighted by atomic mass is 10.1. The molecule has 0 aliphatic carbocycles. The molecule has 2 heterocycles. The molecule has 1 aromatic carbocycles. The van der Waals surface area contributed by atoms with E-state index in [4.69, 9.17) is 4.42 Å². The number of thiophene rings is 1. The fourth-order valence-corrected chi connectivity index (χ4v) is 3.67. The van der Waals surface area contributed by atoms with Gasteiger partial charge in [0.1, 0.15) is 0 Å². The van der Waals surface area contributed by atoms with Crippen molar-refractivity contribution in [1.29, 1.82) is 0 Å². The first kappa shape index (κ1) is 20.2. The lowest BCUT2D eigenvalue weighted by Gasteiger charge is -2.19. The SMILES string of the molecule is CCCN(CC(=O)NCCc1ccccc1C)Cc1nnc(-c2cccs2)o1. The molecule has 0 bridgehead atoms. The van der Waals surface area contributed by atoms with Crippen LogP contribution in [0.1, 0.15) is 30.4 Å². The van der Waals surface area contributed by atoms with Crippen LogP contribution < -0.4 is 5.32 Å². The molecule has 3 aromatic rings. The van der Waals surface area contributed by atoms with Gasteiger partial charge in [0.25, 0.3) is 5.89 Å². The van der Waals surface area contributed by atoms with Gasteiger partial charge in [-0.1, -0.05) is 37.3 Å². The van der Waals surface area contributed by atoms with Gasteiger partial charge < -0.3 is 9.73 Å². The van der Waals surface area contributed by atoms with E-state index >= 15 is 0 Å². The van der Waals surface area contributed by atoms with Gasteiger partial charge in [-0.05, 0) is 48.9 Å². The van der Waals surface area contributed by atoms with Gasteiger partial charge in [0.15, 0.2) is 0 Å². The molecule has 28 heavy (non-hydrogen) atoms. The van der Waals surface area contributed by atoms with Crippen molar-refractivity contribution in [1.82, 2.24) is 20.4 Å². The molecular formula is C21H26N4O2S. The molecule has 0 aliphatic heterocycles. The summed E-state index contributed by atoms with van der Waals surface area (Å²) in [6.45, 7) is 6.40. The Labute approximate surface area is 169 Å². The van der Waals surface area contributed by atoms with Crippen LogP contribution in [0.25, 0.3) is 10.8 Å². The van der Waals surface area contributed by atoms with Crippen molar-refractivity contribution in [3.63, 3.8) is 0 Å². The smallest absolute Gasteiger partial charge is 0.257 e. The normalized spacial score (nSPS) is 11.1. The molecule has 148 valence electrons. The number of hydrogen-bond acceptors (Lipinski definition) is 6. The highest BCUT2D eigenvalue weighted by atomic mass is 32.1. The minimum atomic E-state index is 0.0139. The number of amides is 1. The number of nitrogens with one attached hydrogen (secondary N) is 1. The molecule has 0 radical (unpaired) electrons.